The van der Waals surface area contributed by atoms with E-state index in [-0.39, 0.29) is 40.1 Å². The van der Waals surface area contributed by atoms with E-state index in [4.69, 9.17) is 4.74 Å². The van der Waals surface area contributed by atoms with Gasteiger partial charge in [-0.1, -0.05) is 93.5 Å². The summed E-state index contributed by atoms with van der Waals surface area (Å²) in [5.74, 6) is 0.207. The molecule has 0 spiro atoms. The van der Waals surface area contributed by atoms with E-state index in [9.17, 15) is 15.0 Å². The van der Waals surface area contributed by atoms with Crippen LogP contribution >= 0.6 is 0 Å². The lowest BCUT2D eigenvalue weighted by Crippen LogP contribution is -2.31. The van der Waals surface area contributed by atoms with E-state index in [1.54, 1.807) is 12.1 Å². The standard InChI is InChI=1S/C29H42O4/c1-26(2,3)18-33-25(32)17-29(10,19-11-13-23(30)21(15-19)27(4,5)6)20-12-14-24(31)22(16-20)28(7,8)9/h11-16,30-31H,17-18H2,1-10H3. The minimum atomic E-state index is -0.712. The Morgan fingerprint density at radius 1 is 0.727 bits per heavy atom. The fourth-order valence-corrected chi connectivity index (χ4v) is 3.97. The zero-order chi connectivity index (χ0) is 25.4. The summed E-state index contributed by atoms with van der Waals surface area (Å²) in [5.41, 5.74) is 2.12. The zero-order valence-corrected chi connectivity index (χ0v) is 22.1. The molecule has 182 valence electrons. The Hall–Kier alpha value is -2.49. The quantitative estimate of drug-likeness (QED) is 0.478. The van der Waals surface area contributed by atoms with Crippen LogP contribution in [0, 0.1) is 5.41 Å². The third-order valence-electron chi connectivity index (χ3n) is 6.05. The average Bonchev–Trinajstić information content (AvgIpc) is 2.64. The first-order valence-corrected chi connectivity index (χ1v) is 11.7. The molecule has 0 aliphatic heterocycles. The van der Waals surface area contributed by atoms with Crippen LogP contribution in [0.3, 0.4) is 0 Å². The summed E-state index contributed by atoms with van der Waals surface area (Å²) in [4.78, 5) is 13.0. The fraction of sp³-hybridized carbons (Fsp3) is 0.552. The first kappa shape index (κ1) is 26.8. The third-order valence-corrected chi connectivity index (χ3v) is 6.05. The topological polar surface area (TPSA) is 66.8 Å². The van der Waals surface area contributed by atoms with Gasteiger partial charge in [0, 0.05) is 5.41 Å². The van der Waals surface area contributed by atoms with Crippen molar-refractivity contribution < 1.29 is 19.7 Å². The average molecular weight is 455 g/mol. The second kappa shape index (κ2) is 9.04. The molecule has 0 aliphatic rings. The SMILES string of the molecule is CC(C)(C)COC(=O)CC(C)(c1ccc(O)c(C(C)(C)C)c1)c1ccc(O)c(C(C)(C)C)c1. The molecule has 2 N–H and O–H groups in total. The summed E-state index contributed by atoms with van der Waals surface area (Å²) in [5, 5.41) is 21.1. The summed E-state index contributed by atoms with van der Waals surface area (Å²) in [6.45, 7) is 20.8. The van der Waals surface area contributed by atoms with Crippen LogP contribution in [-0.2, 0) is 25.8 Å². The van der Waals surface area contributed by atoms with Crippen molar-refractivity contribution in [2.45, 2.75) is 91.9 Å². The van der Waals surface area contributed by atoms with Crippen LogP contribution in [0.4, 0.5) is 0 Å². The number of phenolic OH excluding ortho intramolecular Hbond substituents is 2. The Labute approximate surface area is 200 Å². The molecule has 2 rings (SSSR count). The molecule has 0 amide bonds. The zero-order valence-electron chi connectivity index (χ0n) is 22.1. The summed E-state index contributed by atoms with van der Waals surface area (Å²) in [6.07, 6.45) is 0.145. The van der Waals surface area contributed by atoms with Crippen LogP contribution in [-0.4, -0.2) is 22.8 Å². The maximum Gasteiger partial charge on any atom is 0.307 e. The third kappa shape index (κ3) is 6.52. The van der Waals surface area contributed by atoms with Crippen LogP contribution in [0.1, 0.15) is 97.9 Å². The van der Waals surface area contributed by atoms with Gasteiger partial charge in [0.25, 0.3) is 0 Å². The molecular weight excluding hydrogens is 412 g/mol. The van der Waals surface area contributed by atoms with Gasteiger partial charge in [0.15, 0.2) is 0 Å². The molecule has 33 heavy (non-hydrogen) atoms. The summed E-state index contributed by atoms with van der Waals surface area (Å²) < 4.78 is 5.65. The number of carbonyl (C=O) groups is 1. The summed E-state index contributed by atoms with van der Waals surface area (Å²) >= 11 is 0. The molecule has 0 aromatic heterocycles. The Morgan fingerprint density at radius 3 is 1.45 bits per heavy atom. The van der Waals surface area contributed by atoms with Crippen LogP contribution in [0.25, 0.3) is 0 Å². The molecule has 0 atom stereocenters. The first-order valence-electron chi connectivity index (χ1n) is 11.7. The van der Waals surface area contributed by atoms with E-state index in [2.05, 4.69) is 41.5 Å². The van der Waals surface area contributed by atoms with Gasteiger partial charge < -0.3 is 14.9 Å². The molecule has 4 heteroatoms. The van der Waals surface area contributed by atoms with Crippen LogP contribution in [0.5, 0.6) is 11.5 Å². The summed E-state index contributed by atoms with van der Waals surface area (Å²) in [7, 11) is 0. The number of esters is 1. The number of aromatic hydroxyl groups is 2. The highest BCUT2D eigenvalue weighted by molar-refractivity contribution is 5.73. The molecule has 0 aliphatic carbocycles. The number of hydrogen-bond acceptors (Lipinski definition) is 4. The van der Waals surface area contributed by atoms with E-state index >= 15 is 0 Å². The molecule has 4 nitrogen and oxygen atoms in total. The number of hydrogen-bond donors (Lipinski definition) is 2. The number of rotatable bonds is 5. The molecule has 0 bridgehead atoms. The second-order valence-electron chi connectivity index (χ2n) is 12.7. The number of ether oxygens (including phenoxy) is 1. The molecule has 0 fully saturated rings. The van der Waals surface area contributed by atoms with Gasteiger partial charge >= 0.3 is 5.97 Å². The molecule has 0 saturated heterocycles. The molecule has 2 aromatic carbocycles. The Morgan fingerprint density at radius 2 is 1.12 bits per heavy atom. The predicted molar refractivity (Wildman–Crippen MR) is 135 cm³/mol. The van der Waals surface area contributed by atoms with E-state index < -0.39 is 5.41 Å². The largest absolute Gasteiger partial charge is 0.508 e. The normalized spacial score (nSPS) is 13.2. The predicted octanol–water partition coefficient (Wildman–Crippen LogP) is 6.98. The van der Waals surface area contributed by atoms with Crippen molar-refractivity contribution in [2.75, 3.05) is 6.61 Å². The highest BCUT2D eigenvalue weighted by Gasteiger charge is 2.35. The van der Waals surface area contributed by atoms with Crippen LogP contribution in [0.2, 0.25) is 0 Å². The fourth-order valence-electron chi connectivity index (χ4n) is 3.97. The lowest BCUT2D eigenvalue weighted by Gasteiger charge is -2.34. The maximum absolute atomic E-state index is 13.0. The van der Waals surface area contributed by atoms with Gasteiger partial charge in [0.2, 0.25) is 0 Å². The Bertz CT molecular complexity index is 934. The molecule has 2 aromatic rings. The lowest BCUT2D eigenvalue weighted by atomic mass is 9.70. The van der Waals surface area contributed by atoms with Crippen molar-refractivity contribution in [2.24, 2.45) is 5.41 Å². The van der Waals surface area contributed by atoms with Crippen molar-refractivity contribution in [1.82, 2.24) is 0 Å². The number of benzene rings is 2. The molecule has 0 unspecified atom stereocenters. The second-order valence-corrected chi connectivity index (χ2v) is 12.7. The van der Waals surface area contributed by atoms with Gasteiger partial charge in [-0.2, -0.15) is 0 Å². The van der Waals surface area contributed by atoms with E-state index in [1.807, 2.05) is 52.0 Å². The van der Waals surface area contributed by atoms with E-state index in [0.717, 1.165) is 22.3 Å². The van der Waals surface area contributed by atoms with Crippen molar-refractivity contribution in [3.05, 3.63) is 58.7 Å². The molecule has 0 saturated carbocycles. The number of carbonyl (C=O) groups excluding carboxylic acids is 1. The highest BCUT2D eigenvalue weighted by atomic mass is 16.5. The minimum absolute atomic E-state index is 0.123. The minimum Gasteiger partial charge on any atom is -0.508 e. The van der Waals surface area contributed by atoms with Crippen LogP contribution in [0.15, 0.2) is 36.4 Å². The van der Waals surface area contributed by atoms with Crippen molar-refractivity contribution in [1.29, 1.82) is 0 Å². The summed E-state index contributed by atoms with van der Waals surface area (Å²) in [6, 6.07) is 11.2. The molecule has 0 heterocycles. The smallest absolute Gasteiger partial charge is 0.307 e. The Kier molecular flexibility index (Phi) is 7.33. The van der Waals surface area contributed by atoms with Gasteiger partial charge in [-0.15, -0.1) is 0 Å². The van der Waals surface area contributed by atoms with Crippen molar-refractivity contribution in [3.8, 4) is 11.5 Å². The van der Waals surface area contributed by atoms with E-state index in [1.165, 1.54) is 0 Å². The first-order chi connectivity index (χ1) is 14.8. The van der Waals surface area contributed by atoms with Gasteiger partial charge in [-0.25, -0.2) is 0 Å². The van der Waals surface area contributed by atoms with Gasteiger partial charge in [-0.05, 0) is 50.6 Å². The van der Waals surface area contributed by atoms with Gasteiger partial charge in [0.1, 0.15) is 11.5 Å². The van der Waals surface area contributed by atoms with Crippen molar-refractivity contribution >= 4 is 5.97 Å². The molecule has 0 radical (unpaired) electrons. The number of phenols is 2. The van der Waals surface area contributed by atoms with Crippen LogP contribution < -0.4 is 0 Å². The maximum atomic E-state index is 13.0. The lowest BCUT2D eigenvalue weighted by molar-refractivity contribution is -0.147. The van der Waals surface area contributed by atoms with Gasteiger partial charge in [-0.3, -0.25) is 4.79 Å². The van der Waals surface area contributed by atoms with Crippen molar-refractivity contribution in [3.63, 3.8) is 0 Å². The monoisotopic (exact) mass is 454 g/mol. The highest BCUT2D eigenvalue weighted by Crippen LogP contribution is 2.43. The molecular formula is C29H42O4. The van der Waals surface area contributed by atoms with E-state index in [0.29, 0.717) is 6.61 Å². The van der Waals surface area contributed by atoms with Gasteiger partial charge in [0.05, 0.1) is 13.0 Å². The Balaban J connectivity index is 2.67.